The van der Waals surface area contributed by atoms with Gasteiger partial charge in [-0.2, -0.15) is 0 Å². The van der Waals surface area contributed by atoms with E-state index in [0.717, 1.165) is 102 Å². The van der Waals surface area contributed by atoms with Crippen LogP contribution in [0.3, 0.4) is 0 Å². The van der Waals surface area contributed by atoms with Crippen LogP contribution in [0.2, 0.25) is 0 Å². The summed E-state index contributed by atoms with van der Waals surface area (Å²) in [6.07, 6.45) is 75.0. The molecular weight excluding hydrogens is 1410 g/mol. The molecule has 0 aromatic heterocycles. The number of phosphoric acid groups is 2. The van der Waals surface area contributed by atoms with Crippen LogP contribution in [0.1, 0.15) is 485 Å². The second-order valence-corrected chi connectivity index (χ2v) is 36.0. The maximum absolute atomic E-state index is 13.2. The monoisotopic (exact) mass is 1590 g/mol. The average molecular weight is 1590 g/mol. The summed E-state index contributed by atoms with van der Waals surface area (Å²) in [5.74, 6) is -0.474. The van der Waals surface area contributed by atoms with Gasteiger partial charge in [-0.25, -0.2) is 9.13 Å². The van der Waals surface area contributed by atoms with E-state index in [2.05, 4.69) is 41.5 Å². The molecule has 3 unspecified atom stereocenters. The molecular formula is C90H176O17P2. The van der Waals surface area contributed by atoms with Crippen LogP contribution in [0, 0.1) is 11.8 Å². The lowest BCUT2D eigenvalue weighted by Crippen LogP contribution is -2.30. The Labute approximate surface area is 670 Å². The molecule has 0 aliphatic carbocycles. The summed E-state index contributed by atoms with van der Waals surface area (Å²) >= 11 is 0. The Morgan fingerprint density at radius 1 is 0.266 bits per heavy atom. The molecule has 0 amide bonds. The van der Waals surface area contributed by atoms with Gasteiger partial charge in [-0.05, 0) is 37.5 Å². The third kappa shape index (κ3) is 82.4. The minimum Gasteiger partial charge on any atom is -0.462 e. The van der Waals surface area contributed by atoms with Crippen LogP contribution in [0.15, 0.2) is 0 Å². The van der Waals surface area contributed by atoms with E-state index in [9.17, 15) is 43.2 Å². The summed E-state index contributed by atoms with van der Waals surface area (Å²) in [6.45, 7) is 9.75. The van der Waals surface area contributed by atoms with Gasteiger partial charge >= 0.3 is 39.5 Å². The quantitative estimate of drug-likeness (QED) is 0.0222. The maximum atomic E-state index is 13.2. The molecule has 0 fully saturated rings. The third-order valence-electron chi connectivity index (χ3n) is 21.6. The van der Waals surface area contributed by atoms with Crippen molar-refractivity contribution >= 4 is 39.5 Å². The molecule has 0 radical (unpaired) electrons. The highest BCUT2D eigenvalue weighted by Crippen LogP contribution is 2.45. The molecule has 0 aliphatic rings. The van der Waals surface area contributed by atoms with Crippen LogP contribution < -0.4 is 0 Å². The summed E-state index contributed by atoms with van der Waals surface area (Å²) in [4.78, 5) is 73.4. The molecule has 0 saturated heterocycles. The smallest absolute Gasteiger partial charge is 0.462 e. The summed E-state index contributed by atoms with van der Waals surface area (Å²) in [7, 11) is -9.93. The van der Waals surface area contributed by atoms with Crippen molar-refractivity contribution in [1.29, 1.82) is 0 Å². The van der Waals surface area contributed by atoms with E-state index >= 15 is 0 Å². The number of esters is 4. The molecule has 6 atom stereocenters. The molecule has 3 N–H and O–H groups in total. The van der Waals surface area contributed by atoms with E-state index in [0.29, 0.717) is 25.7 Å². The lowest BCUT2D eigenvalue weighted by molar-refractivity contribution is -0.161. The zero-order valence-corrected chi connectivity index (χ0v) is 73.7. The zero-order valence-electron chi connectivity index (χ0n) is 71.9. The van der Waals surface area contributed by atoms with Crippen molar-refractivity contribution in [1.82, 2.24) is 0 Å². The fourth-order valence-corrected chi connectivity index (χ4v) is 15.7. The molecule has 0 aliphatic heterocycles. The summed E-state index contributed by atoms with van der Waals surface area (Å²) in [6, 6.07) is 0. The lowest BCUT2D eigenvalue weighted by Gasteiger charge is -2.21. The first-order valence-corrected chi connectivity index (χ1v) is 49.5. The van der Waals surface area contributed by atoms with Crippen molar-refractivity contribution in [2.24, 2.45) is 11.8 Å². The Hall–Kier alpha value is -1.94. The molecule has 648 valence electrons. The molecule has 0 rings (SSSR count). The Kier molecular flexibility index (Phi) is 79.8. The first kappa shape index (κ1) is 107. The van der Waals surface area contributed by atoms with Gasteiger partial charge in [0.25, 0.3) is 0 Å². The van der Waals surface area contributed by atoms with E-state index in [1.165, 1.54) is 302 Å². The molecule has 0 aromatic rings. The second-order valence-electron chi connectivity index (χ2n) is 33.1. The van der Waals surface area contributed by atoms with Gasteiger partial charge in [0, 0.05) is 25.7 Å². The minimum absolute atomic E-state index is 0.107. The van der Waals surface area contributed by atoms with Crippen molar-refractivity contribution in [2.75, 3.05) is 39.6 Å². The van der Waals surface area contributed by atoms with Crippen LogP contribution in [-0.2, 0) is 65.4 Å². The summed E-state index contributed by atoms with van der Waals surface area (Å²) in [5.41, 5.74) is 0. The summed E-state index contributed by atoms with van der Waals surface area (Å²) < 4.78 is 69.0. The van der Waals surface area contributed by atoms with E-state index in [4.69, 9.17) is 37.0 Å². The van der Waals surface area contributed by atoms with E-state index in [-0.39, 0.29) is 25.7 Å². The SMILES string of the molecule is CCCCCCCCCCCCCCCCCCCCCCCC(=O)OC[C@H](COP(=O)(O)OC[C@@H](O)COP(=O)(O)OC[C@@H](COC(=O)CCCCCCCCCCCCCCC)OC(=O)CCCCCCCCCCCCC(C)C)OC(=O)CCCCCCCCCCCCCCCCCCCCC(C)CC. The normalized spacial score (nSPS) is 14.0. The van der Waals surface area contributed by atoms with Crippen molar-refractivity contribution in [3.8, 4) is 0 Å². The number of rotatable bonds is 89. The van der Waals surface area contributed by atoms with Crippen molar-refractivity contribution in [3.05, 3.63) is 0 Å². The van der Waals surface area contributed by atoms with Gasteiger partial charge in [-0.15, -0.1) is 0 Å². The predicted octanol–water partition coefficient (Wildman–Crippen LogP) is 27.8. The van der Waals surface area contributed by atoms with Crippen LogP contribution in [0.5, 0.6) is 0 Å². The third-order valence-corrected chi connectivity index (χ3v) is 23.5. The van der Waals surface area contributed by atoms with Crippen LogP contribution in [0.25, 0.3) is 0 Å². The predicted molar refractivity (Wildman–Crippen MR) is 451 cm³/mol. The number of hydrogen-bond donors (Lipinski definition) is 3. The molecule has 19 heteroatoms. The number of aliphatic hydroxyl groups excluding tert-OH is 1. The number of carbonyl (C=O) groups excluding carboxylic acids is 4. The first-order valence-electron chi connectivity index (χ1n) is 46.5. The van der Waals surface area contributed by atoms with Gasteiger partial charge in [0.05, 0.1) is 26.4 Å². The largest absolute Gasteiger partial charge is 0.472 e. The molecule has 0 spiro atoms. The van der Waals surface area contributed by atoms with Crippen LogP contribution in [0.4, 0.5) is 0 Å². The maximum Gasteiger partial charge on any atom is 0.472 e. The van der Waals surface area contributed by atoms with Gasteiger partial charge in [0.15, 0.2) is 12.2 Å². The highest BCUT2D eigenvalue weighted by Gasteiger charge is 2.31. The fraction of sp³-hybridized carbons (Fsp3) is 0.956. The van der Waals surface area contributed by atoms with Gasteiger partial charge in [-0.1, -0.05) is 433 Å². The molecule has 0 heterocycles. The van der Waals surface area contributed by atoms with E-state index < -0.39 is 97.5 Å². The minimum atomic E-state index is -4.97. The Bertz CT molecular complexity index is 2080. The van der Waals surface area contributed by atoms with Crippen LogP contribution >= 0.6 is 15.6 Å². The summed E-state index contributed by atoms with van der Waals surface area (Å²) in [5, 5.41) is 10.7. The molecule has 0 saturated carbocycles. The Balaban J connectivity index is 5.23. The Morgan fingerprint density at radius 3 is 0.697 bits per heavy atom. The number of carbonyl (C=O) groups is 4. The van der Waals surface area contributed by atoms with E-state index in [1.54, 1.807) is 0 Å². The van der Waals surface area contributed by atoms with Crippen molar-refractivity contribution < 1.29 is 80.2 Å². The van der Waals surface area contributed by atoms with Gasteiger partial charge in [0.2, 0.25) is 0 Å². The number of hydrogen-bond acceptors (Lipinski definition) is 15. The molecule has 0 aromatic carbocycles. The lowest BCUT2D eigenvalue weighted by atomic mass is 9.99. The molecule has 109 heavy (non-hydrogen) atoms. The standard InChI is InChI=1S/C90H176O17P2/c1-7-10-12-14-16-18-20-22-23-24-25-26-27-31-34-38-42-49-55-61-67-73-88(93)101-78-85(106-89(94)74-68-62-56-50-43-39-35-32-29-28-30-33-37-40-47-53-59-65-71-83(6)9-3)80-104-108(96,97)102-76-84(91)77-103-109(98,99)105-81-86(107-90(95)75-69-63-57-51-45-44-46-52-58-64-70-82(4)5)79-100-87(92)72-66-60-54-48-41-36-21-19-17-15-13-11-8-2/h82-86,91H,7-81H2,1-6H3,(H,96,97)(H,98,99)/t83?,84-,85-,86-/m1/s1. The topological polar surface area (TPSA) is 237 Å². The van der Waals surface area contributed by atoms with Gasteiger partial charge < -0.3 is 33.8 Å². The number of phosphoric ester groups is 2. The first-order chi connectivity index (χ1) is 52.9. The zero-order chi connectivity index (χ0) is 79.9. The molecule has 0 bridgehead atoms. The van der Waals surface area contributed by atoms with Crippen LogP contribution in [-0.4, -0.2) is 96.7 Å². The van der Waals surface area contributed by atoms with Gasteiger partial charge in [0.1, 0.15) is 19.3 Å². The number of aliphatic hydroxyl groups is 1. The number of ether oxygens (including phenoxy) is 4. The van der Waals surface area contributed by atoms with Crippen molar-refractivity contribution in [2.45, 2.75) is 503 Å². The Morgan fingerprint density at radius 2 is 0.468 bits per heavy atom. The highest BCUT2D eigenvalue weighted by atomic mass is 31.2. The van der Waals surface area contributed by atoms with Crippen molar-refractivity contribution in [3.63, 3.8) is 0 Å². The van der Waals surface area contributed by atoms with Gasteiger partial charge in [-0.3, -0.25) is 37.3 Å². The number of unbranched alkanes of at least 4 members (excludes halogenated alkanes) is 58. The average Bonchev–Trinajstić information content (AvgIpc) is 0.899. The molecule has 17 nitrogen and oxygen atoms in total. The highest BCUT2D eigenvalue weighted by molar-refractivity contribution is 7.47. The second kappa shape index (κ2) is 81.2. The van der Waals surface area contributed by atoms with E-state index in [1.807, 2.05) is 0 Å². The fourth-order valence-electron chi connectivity index (χ4n) is 14.1.